The maximum atomic E-state index is 10.3. The van der Waals surface area contributed by atoms with Crippen molar-refractivity contribution >= 4 is 18.8 Å². The zero-order valence-corrected chi connectivity index (χ0v) is 10.6. The van der Waals surface area contributed by atoms with E-state index in [1.54, 1.807) is 0 Å². The minimum absolute atomic E-state index is 0.637. The summed E-state index contributed by atoms with van der Waals surface area (Å²) < 4.78 is 5.43. The molecule has 0 aliphatic heterocycles. The molecule has 2 aromatic rings. The van der Waals surface area contributed by atoms with Gasteiger partial charge in [-0.2, -0.15) is 0 Å². The van der Waals surface area contributed by atoms with Crippen LogP contribution in [0.4, 0.5) is 0 Å². The van der Waals surface area contributed by atoms with Crippen LogP contribution in [0.25, 0.3) is 0 Å². The van der Waals surface area contributed by atoms with E-state index >= 15 is 0 Å². The molecule has 0 spiro atoms. The molecule has 0 saturated heterocycles. The molecule has 0 bridgehead atoms. The van der Waals surface area contributed by atoms with Gasteiger partial charge < -0.3 is 9.63 Å². The molecule has 88 valence electrons. The van der Waals surface area contributed by atoms with Gasteiger partial charge in [-0.05, 0) is 19.1 Å². The van der Waals surface area contributed by atoms with Crippen molar-refractivity contribution in [2.24, 2.45) is 0 Å². The van der Waals surface area contributed by atoms with E-state index in [9.17, 15) is 4.89 Å². The second kappa shape index (κ2) is 5.81. The Morgan fingerprint density at radius 2 is 1.71 bits per heavy atom. The molecule has 0 fully saturated rings. The lowest BCUT2D eigenvalue weighted by molar-refractivity contribution is 0.340. The monoisotopic (exact) mass is 246 g/mol. The fourth-order valence-electron chi connectivity index (χ4n) is 1.59. The van der Waals surface area contributed by atoms with E-state index in [-0.39, 0.29) is 0 Å². The second-order valence-corrected chi connectivity index (χ2v) is 5.23. The minimum Gasteiger partial charge on any atom is -0.494 e. The molecule has 0 heterocycles. The highest BCUT2D eigenvalue weighted by Gasteiger charge is 2.10. The van der Waals surface area contributed by atoms with Crippen LogP contribution < -0.4 is 15.3 Å². The Balaban J connectivity index is 2.25. The van der Waals surface area contributed by atoms with Crippen LogP contribution in [0.1, 0.15) is 6.92 Å². The average Bonchev–Trinajstić information content (AvgIpc) is 2.40. The van der Waals surface area contributed by atoms with Crippen LogP contribution in [-0.4, -0.2) is 11.5 Å². The summed E-state index contributed by atoms with van der Waals surface area (Å²) in [4.78, 5) is 10.3. The van der Waals surface area contributed by atoms with E-state index in [0.29, 0.717) is 6.61 Å². The van der Waals surface area contributed by atoms with Crippen molar-refractivity contribution in [2.75, 3.05) is 6.61 Å². The maximum Gasteiger partial charge on any atom is 0.120 e. The highest BCUT2D eigenvalue weighted by molar-refractivity contribution is 7.67. The first-order valence-electron chi connectivity index (χ1n) is 5.58. The van der Waals surface area contributed by atoms with Gasteiger partial charge in [0.25, 0.3) is 0 Å². The number of hydrogen-bond donors (Lipinski definition) is 1. The second-order valence-electron chi connectivity index (χ2n) is 3.58. The number of benzene rings is 2. The van der Waals surface area contributed by atoms with E-state index in [1.165, 1.54) is 0 Å². The standard InChI is InChI=1S/C14H15O2P/c1-2-16-12-7-6-10-14(11-12)17(15)13-8-4-3-5-9-13/h3-11,15H,2H2,1H3. The van der Waals surface area contributed by atoms with Crippen molar-refractivity contribution in [3.63, 3.8) is 0 Å². The van der Waals surface area contributed by atoms with Crippen LogP contribution in [0.3, 0.4) is 0 Å². The molecular weight excluding hydrogens is 231 g/mol. The molecule has 0 saturated carbocycles. The molecule has 2 rings (SSSR count). The van der Waals surface area contributed by atoms with Gasteiger partial charge in [0, 0.05) is 10.6 Å². The zero-order chi connectivity index (χ0) is 12.1. The molecule has 1 N–H and O–H groups in total. The number of rotatable bonds is 4. The van der Waals surface area contributed by atoms with Crippen molar-refractivity contribution in [1.29, 1.82) is 0 Å². The van der Waals surface area contributed by atoms with Gasteiger partial charge in [-0.25, -0.2) is 0 Å². The van der Waals surface area contributed by atoms with Gasteiger partial charge >= 0.3 is 0 Å². The highest BCUT2D eigenvalue weighted by atomic mass is 31.1. The summed E-state index contributed by atoms with van der Waals surface area (Å²) in [6.45, 7) is 2.59. The molecule has 1 unspecified atom stereocenters. The quantitative estimate of drug-likeness (QED) is 0.839. The van der Waals surface area contributed by atoms with E-state index in [0.717, 1.165) is 16.4 Å². The summed E-state index contributed by atoms with van der Waals surface area (Å²) in [5.41, 5.74) is 0. The third-order valence-corrected chi connectivity index (χ3v) is 3.93. The molecule has 2 nitrogen and oxygen atoms in total. The Hall–Kier alpha value is -1.37. The first-order valence-corrected chi connectivity index (χ1v) is 6.87. The summed E-state index contributed by atoms with van der Waals surface area (Å²) >= 11 is 0. The van der Waals surface area contributed by atoms with Crippen LogP contribution in [0.2, 0.25) is 0 Å². The first kappa shape index (κ1) is 12.1. The largest absolute Gasteiger partial charge is 0.494 e. The first-order chi connectivity index (χ1) is 8.31. The van der Waals surface area contributed by atoms with Crippen molar-refractivity contribution < 1.29 is 9.63 Å². The fraction of sp³-hybridized carbons (Fsp3) is 0.143. The maximum absolute atomic E-state index is 10.3. The van der Waals surface area contributed by atoms with Gasteiger partial charge in [0.15, 0.2) is 0 Å². The van der Waals surface area contributed by atoms with Gasteiger partial charge in [0.1, 0.15) is 5.75 Å². The van der Waals surface area contributed by atoms with Gasteiger partial charge in [0.05, 0.1) is 14.8 Å². The summed E-state index contributed by atoms with van der Waals surface area (Å²) in [5, 5.41) is 1.87. The predicted molar refractivity (Wildman–Crippen MR) is 72.5 cm³/mol. The number of ether oxygens (including phenoxy) is 1. The SMILES string of the molecule is CCOc1cccc(P(O)c2ccccc2)c1. The van der Waals surface area contributed by atoms with Crippen LogP contribution >= 0.6 is 8.15 Å². The van der Waals surface area contributed by atoms with E-state index < -0.39 is 8.15 Å². The molecule has 0 aliphatic carbocycles. The Morgan fingerprint density at radius 1 is 1.00 bits per heavy atom. The summed E-state index contributed by atoms with van der Waals surface area (Å²) in [7, 11) is -1.28. The third-order valence-electron chi connectivity index (χ3n) is 2.37. The Kier molecular flexibility index (Phi) is 4.13. The fourth-order valence-corrected chi connectivity index (χ4v) is 2.82. The number of hydrogen-bond acceptors (Lipinski definition) is 2. The van der Waals surface area contributed by atoms with Crippen molar-refractivity contribution in [3.05, 3.63) is 54.6 Å². The van der Waals surface area contributed by atoms with Crippen LogP contribution in [0.5, 0.6) is 5.75 Å². The normalized spacial score (nSPS) is 12.1. The topological polar surface area (TPSA) is 29.5 Å². The van der Waals surface area contributed by atoms with Gasteiger partial charge in [0.2, 0.25) is 0 Å². The predicted octanol–water partition coefficient (Wildman–Crippen LogP) is 2.43. The van der Waals surface area contributed by atoms with Crippen LogP contribution in [0, 0.1) is 0 Å². The third kappa shape index (κ3) is 3.06. The molecule has 2 aromatic carbocycles. The molecule has 0 aromatic heterocycles. The summed E-state index contributed by atoms with van der Waals surface area (Å²) in [6.07, 6.45) is 0. The van der Waals surface area contributed by atoms with Crippen LogP contribution in [-0.2, 0) is 0 Å². The lowest BCUT2D eigenvalue weighted by atomic mass is 10.3. The molecule has 0 radical (unpaired) electrons. The molecular formula is C14H15O2P. The molecule has 1 atom stereocenters. The van der Waals surface area contributed by atoms with Gasteiger partial charge in [-0.1, -0.05) is 42.5 Å². The van der Waals surface area contributed by atoms with E-state index in [2.05, 4.69) is 0 Å². The van der Waals surface area contributed by atoms with E-state index in [1.807, 2.05) is 61.5 Å². The smallest absolute Gasteiger partial charge is 0.120 e. The minimum atomic E-state index is -1.28. The zero-order valence-electron chi connectivity index (χ0n) is 9.71. The molecule has 3 heteroatoms. The molecule has 0 amide bonds. The lowest BCUT2D eigenvalue weighted by Crippen LogP contribution is -2.11. The van der Waals surface area contributed by atoms with Crippen molar-refractivity contribution in [2.45, 2.75) is 6.92 Å². The Bertz CT molecular complexity index is 471. The lowest BCUT2D eigenvalue weighted by Gasteiger charge is -2.12. The molecule has 17 heavy (non-hydrogen) atoms. The van der Waals surface area contributed by atoms with Crippen LogP contribution in [0.15, 0.2) is 54.6 Å². The highest BCUT2D eigenvalue weighted by Crippen LogP contribution is 2.28. The molecule has 0 aliphatic rings. The average molecular weight is 246 g/mol. The van der Waals surface area contributed by atoms with E-state index in [4.69, 9.17) is 4.74 Å². The Morgan fingerprint density at radius 3 is 2.41 bits per heavy atom. The van der Waals surface area contributed by atoms with Crippen molar-refractivity contribution in [3.8, 4) is 5.75 Å². The van der Waals surface area contributed by atoms with Crippen molar-refractivity contribution in [1.82, 2.24) is 0 Å². The summed E-state index contributed by atoms with van der Waals surface area (Å²) in [5.74, 6) is 0.808. The Labute approximate surface area is 103 Å². The van der Waals surface area contributed by atoms with Gasteiger partial charge in [-0.3, -0.25) is 0 Å². The summed E-state index contributed by atoms with van der Waals surface area (Å²) in [6, 6.07) is 17.4. The van der Waals surface area contributed by atoms with Gasteiger partial charge in [-0.15, -0.1) is 0 Å².